The van der Waals surface area contributed by atoms with E-state index in [1.54, 1.807) is 12.1 Å². The van der Waals surface area contributed by atoms with E-state index in [1.165, 1.54) is 0 Å². The fourth-order valence-electron chi connectivity index (χ4n) is 0.893. The van der Waals surface area contributed by atoms with Gasteiger partial charge in [-0.05, 0) is 24.1 Å². The molecule has 15 heavy (non-hydrogen) atoms. The molecule has 86 valence electrons. The van der Waals surface area contributed by atoms with Gasteiger partial charge in [-0.25, -0.2) is 0 Å². The van der Waals surface area contributed by atoms with E-state index in [1.807, 2.05) is 18.5 Å². The molecule has 0 saturated heterocycles. The molecule has 0 aliphatic heterocycles. The van der Waals surface area contributed by atoms with Crippen LogP contribution in [0, 0.1) is 0 Å². The van der Waals surface area contributed by atoms with E-state index < -0.39 is 11.3 Å². The smallest absolute Gasteiger partial charge is 0.140 e. The van der Waals surface area contributed by atoms with Crippen LogP contribution < -0.4 is 10.6 Å². The van der Waals surface area contributed by atoms with Crippen molar-refractivity contribution in [2.75, 3.05) is 5.48 Å². The topological polar surface area (TPSA) is 119 Å². The van der Waals surface area contributed by atoms with Gasteiger partial charge in [-0.2, -0.15) is 0 Å². The third-order valence-corrected chi connectivity index (χ3v) is 1.59. The highest BCUT2D eigenvalue weighted by Gasteiger charge is 1.98. The summed E-state index contributed by atoms with van der Waals surface area (Å²) < 4.78 is 17.6. The van der Waals surface area contributed by atoms with E-state index in [-0.39, 0.29) is 5.75 Å². The van der Waals surface area contributed by atoms with Gasteiger partial charge >= 0.3 is 0 Å². The summed E-state index contributed by atoms with van der Waals surface area (Å²) in [5.41, 5.74) is 3.34. The first-order chi connectivity index (χ1) is 7.01. The second kappa shape index (κ2) is 7.18. The summed E-state index contributed by atoms with van der Waals surface area (Å²) in [6.45, 7) is 2.01. The standard InChI is InChI=1S/C8H11NO2.H3NO2S/c1-2-6-3-4-8(10)7(5-6)9-11;1-4(2)3/h3-5,9-11H,2H2,1H3;1H2,(H,2,3)/p-1. The SMILES string of the molecule is CCc1ccc(O)c(NO)c1.NS(=O)[O-]. The van der Waals surface area contributed by atoms with E-state index in [0.717, 1.165) is 12.0 Å². The van der Waals surface area contributed by atoms with E-state index in [0.29, 0.717) is 5.69 Å². The lowest BCUT2D eigenvalue weighted by molar-refractivity contribution is 0.381. The van der Waals surface area contributed by atoms with Gasteiger partial charge in [-0.15, -0.1) is 0 Å². The van der Waals surface area contributed by atoms with E-state index in [2.05, 4.69) is 5.14 Å². The number of phenolic OH excluding ortho intramolecular Hbond substituents is 1. The van der Waals surface area contributed by atoms with Crippen molar-refractivity contribution in [1.82, 2.24) is 0 Å². The number of rotatable bonds is 2. The number of aryl methyl sites for hydroxylation is 1. The maximum atomic E-state index is 9.11. The van der Waals surface area contributed by atoms with Crippen molar-refractivity contribution < 1.29 is 19.1 Å². The monoisotopic (exact) mass is 233 g/mol. The molecule has 0 aliphatic carbocycles. The first kappa shape index (κ1) is 13.8. The molecule has 0 heterocycles. The number of benzene rings is 1. The van der Waals surface area contributed by atoms with Crippen LogP contribution in [0.4, 0.5) is 5.69 Å². The number of anilines is 1. The maximum absolute atomic E-state index is 9.11. The molecule has 6 nitrogen and oxygen atoms in total. The Morgan fingerprint density at radius 3 is 2.53 bits per heavy atom. The van der Waals surface area contributed by atoms with Crippen LogP contribution in [-0.4, -0.2) is 19.1 Å². The highest BCUT2D eigenvalue weighted by atomic mass is 32.2. The predicted octanol–water partition coefficient (Wildman–Crippen LogP) is 0.495. The minimum absolute atomic E-state index is 0.0599. The van der Waals surface area contributed by atoms with Crippen molar-refractivity contribution >= 4 is 17.0 Å². The van der Waals surface area contributed by atoms with Gasteiger partial charge in [0.05, 0.1) is 0 Å². The number of hydrogen-bond acceptors (Lipinski definition) is 5. The van der Waals surface area contributed by atoms with Crippen LogP contribution in [0.15, 0.2) is 18.2 Å². The third-order valence-electron chi connectivity index (χ3n) is 1.59. The Labute approximate surface area is 90.1 Å². The predicted molar refractivity (Wildman–Crippen MR) is 56.0 cm³/mol. The zero-order valence-corrected chi connectivity index (χ0v) is 8.95. The molecule has 5 N–H and O–H groups in total. The molecule has 0 aliphatic rings. The number of hydrogen-bond donors (Lipinski definition) is 4. The number of nitrogens with two attached hydrogens (primary N) is 1. The Morgan fingerprint density at radius 1 is 1.60 bits per heavy atom. The van der Waals surface area contributed by atoms with Crippen molar-refractivity contribution in [2.24, 2.45) is 5.14 Å². The molecule has 0 radical (unpaired) electrons. The molecular weight excluding hydrogens is 220 g/mol. The molecule has 1 rings (SSSR count). The number of aromatic hydroxyl groups is 1. The molecule has 0 amide bonds. The summed E-state index contributed by atoms with van der Waals surface area (Å²) in [5, 5.41) is 21.7. The van der Waals surface area contributed by atoms with Crippen molar-refractivity contribution in [3.63, 3.8) is 0 Å². The molecule has 0 spiro atoms. The lowest BCUT2D eigenvalue weighted by Gasteiger charge is -2.03. The zero-order chi connectivity index (χ0) is 11.8. The minimum Gasteiger partial charge on any atom is -0.760 e. The Morgan fingerprint density at radius 2 is 2.13 bits per heavy atom. The van der Waals surface area contributed by atoms with Gasteiger partial charge in [0.15, 0.2) is 0 Å². The summed E-state index contributed by atoms with van der Waals surface area (Å²) in [7, 11) is 0. The highest BCUT2D eigenvalue weighted by molar-refractivity contribution is 7.76. The Balaban J connectivity index is 0.000000423. The molecule has 1 atom stereocenters. The summed E-state index contributed by atoms with van der Waals surface area (Å²) >= 11 is -2.36. The molecular formula is C8H13N2O4S-. The van der Waals surface area contributed by atoms with E-state index >= 15 is 0 Å². The summed E-state index contributed by atoms with van der Waals surface area (Å²) in [5.74, 6) is 0.0599. The van der Waals surface area contributed by atoms with Gasteiger partial charge in [0, 0.05) is 11.3 Å². The fourth-order valence-corrected chi connectivity index (χ4v) is 0.893. The second-order valence-corrected chi connectivity index (χ2v) is 3.10. The van der Waals surface area contributed by atoms with Crippen molar-refractivity contribution in [3.05, 3.63) is 23.8 Å². The minimum atomic E-state index is -2.36. The second-order valence-electron chi connectivity index (χ2n) is 2.58. The van der Waals surface area contributed by atoms with Crippen LogP contribution in [0.1, 0.15) is 12.5 Å². The van der Waals surface area contributed by atoms with Gasteiger partial charge in [0.2, 0.25) is 0 Å². The number of phenols is 1. The van der Waals surface area contributed by atoms with Crippen LogP contribution in [0.3, 0.4) is 0 Å². The van der Waals surface area contributed by atoms with Crippen molar-refractivity contribution in [3.8, 4) is 5.75 Å². The van der Waals surface area contributed by atoms with Crippen molar-refractivity contribution in [1.29, 1.82) is 0 Å². The van der Waals surface area contributed by atoms with Crippen molar-refractivity contribution in [2.45, 2.75) is 13.3 Å². The Kier molecular flexibility index (Phi) is 6.63. The average Bonchev–Trinajstić information content (AvgIpc) is 2.18. The maximum Gasteiger partial charge on any atom is 0.140 e. The quantitative estimate of drug-likeness (QED) is 0.337. The van der Waals surface area contributed by atoms with Crippen LogP contribution in [0.5, 0.6) is 5.75 Å². The van der Waals surface area contributed by atoms with Crippen LogP contribution >= 0.6 is 0 Å². The van der Waals surface area contributed by atoms with Gasteiger partial charge in [0.1, 0.15) is 11.4 Å². The normalized spacial score (nSPS) is 11.2. The average molecular weight is 233 g/mol. The van der Waals surface area contributed by atoms with Gasteiger partial charge < -0.3 is 9.66 Å². The summed E-state index contributed by atoms with van der Waals surface area (Å²) in [6, 6.07) is 5.07. The Hall–Kier alpha value is -1.15. The lowest BCUT2D eigenvalue weighted by Crippen LogP contribution is -1.97. The van der Waals surface area contributed by atoms with Crippen LogP contribution in [0.25, 0.3) is 0 Å². The van der Waals surface area contributed by atoms with Gasteiger partial charge in [-0.3, -0.25) is 20.0 Å². The summed E-state index contributed by atoms with van der Waals surface area (Å²) in [6.07, 6.45) is 0.884. The summed E-state index contributed by atoms with van der Waals surface area (Å²) in [4.78, 5) is 0. The molecule has 1 aromatic rings. The largest absolute Gasteiger partial charge is 0.760 e. The molecule has 0 saturated carbocycles. The van der Waals surface area contributed by atoms with E-state index in [4.69, 9.17) is 19.1 Å². The zero-order valence-electron chi connectivity index (χ0n) is 8.14. The van der Waals surface area contributed by atoms with E-state index in [9.17, 15) is 0 Å². The molecule has 0 bridgehead atoms. The molecule has 0 fully saturated rings. The molecule has 7 heteroatoms. The van der Waals surface area contributed by atoms with Gasteiger partial charge in [-0.1, -0.05) is 13.0 Å². The lowest BCUT2D eigenvalue weighted by atomic mass is 10.1. The molecule has 1 aromatic carbocycles. The third kappa shape index (κ3) is 6.02. The number of nitrogens with one attached hydrogen (secondary N) is 1. The first-order valence-electron chi connectivity index (χ1n) is 4.06. The molecule has 1 unspecified atom stereocenters. The van der Waals surface area contributed by atoms with Gasteiger partial charge in [0.25, 0.3) is 0 Å². The Bertz CT molecular complexity index is 328. The fraction of sp³-hybridized carbons (Fsp3) is 0.250. The van der Waals surface area contributed by atoms with Crippen LogP contribution in [-0.2, 0) is 17.7 Å². The highest BCUT2D eigenvalue weighted by Crippen LogP contribution is 2.23. The molecule has 0 aromatic heterocycles. The van der Waals surface area contributed by atoms with Crippen LogP contribution in [0.2, 0.25) is 0 Å². The first-order valence-corrected chi connectivity index (χ1v) is 5.20.